The van der Waals surface area contributed by atoms with Crippen molar-refractivity contribution < 1.29 is 12.8 Å². The average Bonchev–Trinajstić information content (AvgIpc) is 2.78. The number of benzene rings is 1. The number of hydrogen-bond acceptors (Lipinski definition) is 3. The highest BCUT2D eigenvalue weighted by molar-refractivity contribution is 7.88. The van der Waals surface area contributed by atoms with Crippen LogP contribution < -0.4 is 0 Å². The summed E-state index contributed by atoms with van der Waals surface area (Å²) in [5.74, 6) is -1.02. The summed E-state index contributed by atoms with van der Waals surface area (Å²) < 4.78 is 40.3. The smallest absolute Gasteiger partial charge is 0.218 e. The highest BCUT2D eigenvalue weighted by atomic mass is 35.5. The molecule has 0 atom stereocenters. The van der Waals surface area contributed by atoms with Gasteiger partial charge in [0, 0.05) is 23.3 Å². The van der Waals surface area contributed by atoms with Crippen molar-refractivity contribution in [2.75, 3.05) is 7.05 Å². The Labute approximate surface area is 152 Å². The summed E-state index contributed by atoms with van der Waals surface area (Å²) >= 11 is 5.71. The van der Waals surface area contributed by atoms with Gasteiger partial charge < -0.3 is 0 Å². The zero-order valence-corrected chi connectivity index (χ0v) is 15.6. The second kappa shape index (κ2) is 7.43. The maximum atomic E-state index is 13.9. The fraction of sp³-hybridized carbons (Fsp3) is 0.471. The molecule has 0 unspecified atom stereocenters. The number of H-pyrrole nitrogens is 1. The lowest BCUT2D eigenvalue weighted by Gasteiger charge is -2.17. The minimum absolute atomic E-state index is 0.108. The van der Waals surface area contributed by atoms with Crippen molar-refractivity contribution >= 4 is 21.6 Å². The summed E-state index contributed by atoms with van der Waals surface area (Å²) in [7, 11) is -2.16. The van der Waals surface area contributed by atoms with E-state index in [0.717, 1.165) is 48.7 Å². The van der Waals surface area contributed by atoms with E-state index in [1.165, 1.54) is 29.9 Å². The van der Waals surface area contributed by atoms with Gasteiger partial charge in [0.25, 0.3) is 0 Å². The molecule has 1 N–H and O–H groups in total. The maximum absolute atomic E-state index is 13.9. The molecule has 0 spiro atoms. The molecular formula is C17H21ClFN3O2S. The van der Waals surface area contributed by atoms with Gasteiger partial charge in [0.2, 0.25) is 10.0 Å². The molecule has 1 aliphatic rings. The first-order chi connectivity index (χ1) is 11.9. The van der Waals surface area contributed by atoms with Crippen molar-refractivity contribution in [2.45, 2.75) is 44.4 Å². The van der Waals surface area contributed by atoms with Crippen LogP contribution in [0.4, 0.5) is 4.39 Å². The van der Waals surface area contributed by atoms with Crippen LogP contribution in [0, 0.1) is 5.82 Å². The van der Waals surface area contributed by atoms with Crippen molar-refractivity contribution in [3.8, 4) is 0 Å². The summed E-state index contributed by atoms with van der Waals surface area (Å²) in [6.45, 7) is 0.184. The number of sulfonamides is 1. The van der Waals surface area contributed by atoms with Gasteiger partial charge in [-0.2, -0.15) is 9.40 Å². The highest BCUT2D eigenvalue weighted by Gasteiger charge is 2.24. The Balaban J connectivity index is 1.76. The Morgan fingerprint density at radius 3 is 2.80 bits per heavy atom. The molecule has 0 fully saturated rings. The Kier molecular flexibility index (Phi) is 5.46. The van der Waals surface area contributed by atoms with Gasteiger partial charge in [-0.1, -0.05) is 24.1 Å². The minimum atomic E-state index is -3.66. The van der Waals surface area contributed by atoms with Crippen LogP contribution in [-0.2, 0) is 35.2 Å². The standard InChI is InChI=1S/C17H21ClFN3O2S/c1-22(10-17-14-5-3-2-4-6-16(14)20-21-17)25(23,24)11-12-7-8-13(18)9-15(12)19/h7-9H,2-6,10-11H2,1H3,(H,20,21). The summed E-state index contributed by atoms with van der Waals surface area (Å²) in [5.41, 5.74) is 3.12. The molecule has 25 heavy (non-hydrogen) atoms. The summed E-state index contributed by atoms with van der Waals surface area (Å²) in [6, 6.07) is 4.02. The third-order valence-electron chi connectivity index (χ3n) is 4.59. The van der Waals surface area contributed by atoms with E-state index in [9.17, 15) is 12.8 Å². The van der Waals surface area contributed by atoms with Gasteiger partial charge in [0.1, 0.15) is 5.82 Å². The Morgan fingerprint density at radius 2 is 2.04 bits per heavy atom. The predicted molar refractivity (Wildman–Crippen MR) is 95.3 cm³/mol. The second-order valence-corrected chi connectivity index (χ2v) is 8.95. The molecule has 0 saturated heterocycles. The summed E-state index contributed by atoms with van der Waals surface area (Å²) in [4.78, 5) is 0. The number of aromatic amines is 1. The van der Waals surface area contributed by atoms with Crippen LogP contribution in [0.5, 0.6) is 0 Å². The van der Waals surface area contributed by atoms with Crippen LogP contribution >= 0.6 is 11.6 Å². The van der Waals surface area contributed by atoms with Crippen molar-refractivity contribution in [3.05, 3.63) is 51.6 Å². The molecule has 5 nitrogen and oxygen atoms in total. The van der Waals surface area contributed by atoms with E-state index in [2.05, 4.69) is 10.2 Å². The highest BCUT2D eigenvalue weighted by Crippen LogP contribution is 2.24. The van der Waals surface area contributed by atoms with Crippen molar-refractivity contribution in [1.29, 1.82) is 0 Å². The predicted octanol–water partition coefficient (Wildman–Crippen LogP) is 3.43. The zero-order valence-electron chi connectivity index (χ0n) is 14.1. The minimum Gasteiger partial charge on any atom is -0.282 e. The molecular weight excluding hydrogens is 365 g/mol. The van der Waals surface area contributed by atoms with E-state index < -0.39 is 21.6 Å². The molecule has 3 rings (SSSR count). The van der Waals surface area contributed by atoms with Gasteiger partial charge in [-0.15, -0.1) is 0 Å². The van der Waals surface area contributed by atoms with Gasteiger partial charge in [0.05, 0.1) is 18.0 Å². The number of aryl methyl sites for hydroxylation is 1. The van der Waals surface area contributed by atoms with Crippen molar-refractivity contribution in [3.63, 3.8) is 0 Å². The monoisotopic (exact) mass is 385 g/mol. The summed E-state index contributed by atoms with van der Waals surface area (Å²) in [5, 5.41) is 7.59. The van der Waals surface area contributed by atoms with E-state index in [1.54, 1.807) is 0 Å². The second-order valence-electron chi connectivity index (χ2n) is 6.44. The molecule has 0 bridgehead atoms. The molecule has 0 radical (unpaired) electrons. The van der Waals surface area contributed by atoms with E-state index in [1.807, 2.05) is 0 Å². The Morgan fingerprint density at radius 1 is 1.28 bits per heavy atom. The van der Waals surface area contributed by atoms with Gasteiger partial charge in [-0.05, 0) is 43.4 Å². The average molecular weight is 386 g/mol. The number of aromatic nitrogens is 2. The van der Waals surface area contributed by atoms with Crippen molar-refractivity contribution in [2.24, 2.45) is 0 Å². The molecule has 0 aliphatic heterocycles. The van der Waals surface area contributed by atoms with E-state index in [4.69, 9.17) is 11.6 Å². The molecule has 1 heterocycles. The third-order valence-corrected chi connectivity index (χ3v) is 6.58. The van der Waals surface area contributed by atoms with Gasteiger partial charge in [0.15, 0.2) is 0 Å². The number of nitrogens with one attached hydrogen (secondary N) is 1. The Bertz CT molecular complexity index is 867. The van der Waals surface area contributed by atoms with Crippen LogP contribution in [0.15, 0.2) is 18.2 Å². The first-order valence-electron chi connectivity index (χ1n) is 8.30. The third kappa shape index (κ3) is 4.22. The van der Waals surface area contributed by atoms with Gasteiger partial charge in [-0.25, -0.2) is 12.8 Å². The first-order valence-corrected chi connectivity index (χ1v) is 10.3. The SMILES string of the molecule is CN(Cc1n[nH]c2c1CCCCC2)S(=O)(=O)Cc1ccc(Cl)cc1F. The van der Waals surface area contributed by atoms with Crippen LogP contribution in [0.1, 0.15) is 41.8 Å². The fourth-order valence-corrected chi connectivity index (χ4v) is 4.44. The number of hydrogen-bond donors (Lipinski definition) is 1. The molecule has 1 aromatic carbocycles. The molecule has 0 amide bonds. The molecule has 2 aromatic rings. The number of fused-ring (bicyclic) bond motifs is 1. The lowest BCUT2D eigenvalue weighted by Crippen LogP contribution is -2.28. The number of halogens is 2. The normalized spacial score (nSPS) is 15.2. The lowest BCUT2D eigenvalue weighted by atomic mass is 10.1. The molecule has 136 valence electrons. The van der Waals surface area contributed by atoms with Crippen LogP contribution in [0.2, 0.25) is 5.02 Å². The zero-order chi connectivity index (χ0) is 18.0. The quantitative estimate of drug-likeness (QED) is 0.802. The lowest BCUT2D eigenvalue weighted by molar-refractivity contribution is 0.458. The fourth-order valence-electron chi connectivity index (χ4n) is 3.11. The summed E-state index contributed by atoms with van der Waals surface area (Å²) in [6.07, 6.45) is 5.26. The van der Waals surface area contributed by atoms with E-state index >= 15 is 0 Å². The largest absolute Gasteiger partial charge is 0.282 e. The van der Waals surface area contributed by atoms with Crippen molar-refractivity contribution in [1.82, 2.24) is 14.5 Å². The maximum Gasteiger partial charge on any atom is 0.218 e. The topological polar surface area (TPSA) is 66.1 Å². The number of rotatable bonds is 5. The van der Waals surface area contributed by atoms with E-state index in [0.29, 0.717) is 0 Å². The van der Waals surface area contributed by atoms with Crippen LogP contribution in [0.3, 0.4) is 0 Å². The van der Waals surface area contributed by atoms with Gasteiger partial charge >= 0.3 is 0 Å². The van der Waals surface area contributed by atoms with Gasteiger partial charge in [-0.3, -0.25) is 5.10 Å². The van der Waals surface area contributed by atoms with Crippen LogP contribution in [0.25, 0.3) is 0 Å². The Hall–Kier alpha value is -1.44. The molecule has 1 aromatic heterocycles. The van der Waals surface area contributed by atoms with Crippen LogP contribution in [-0.4, -0.2) is 30.0 Å². The molecule has 0 saturated carbocycles. The van der Waals surface area contributed by atoms with E-state index in [-0.39, 0.29) is 17.1 Å². The molecule has 8 heteroatoms. The number of nitrogens with zero attached hydrogens (tertiary/aromatic N) is 2. The molecule has 1 aliphatic carbocycles. The first kappa shape index (κ1) is 18.4.